The molecule has 1 fully saturated rings. The summed E-state index contributed by atoms with van der Waals surface area (Å²) in [5.74, 6) is 0.407. The molecular formula is C12H17N3O2. The van der Waals surface area contributed by atoms with Gasteiger partial charge in [0.2, 0.25) is 0 Å². The van der Waals surface area contributed by atoms with Gasteiger partial charge in [0.25, 0.3) is 5.91 Å². The summed E-state index contributed by atoms with van der Waals surface area (Å²) in [7, 11) is 0. The lowest BCUT2D eigenvalue weighted by Gasteiger charge is -2.35. The van der Waals surface area contributed by atoms with Crippen LogP contribution in [0, 0.1) is 0 Å². The van der Waals surface area contributed by atoms with Crippen molar-refractivity contribution in [2.24, 2.45) is 0 Å². The summed E-state index contributed by atoms with van der Waals surface area (Å²) in [6.45, 7) is 5.18. The first-order chi connectivity index (χ1) is 8.06. The first-order valence-electron chi connectivity index (χ1n) is 5.72. The summed E-state index contributed by atoms with van der Waals surface area (Å²) in [6, 6.07) is 3.34. The van der Waals surface area contributed by atoms with Crippen molar-refractivity contribution in [3.05, 3.63) is 23.9 Å². The van der Waals surface area contributed by atoms with Gasteiger partial charge in [-0.1, -0.05) is 0 Å². The third kappa shape index (κ3) is 2.74. The standard InChI is InChI=1S/C12H17N3O2/c1-8-6-15(7-9(2)17-8)12(16)10-3-4-11(13)14-5-10/h3-5,8-9H,6-7H2,1-2H3,(H2,13,14)/t8-,9+. The fraction of sp³-hybridized carbons (Fsp3) is 0.500. The Morgan fingerprint density at radius 1 is 1.41 bits per heavy atom. The van der Waals surface area contributed by atoms with Gasteiger partial charge in [-0.2, -0.15) is 0 Å². The second kappa shape index (κ2) is 4.71. The molecule has 5 heteroatoms. The van der Waals surface area contributed by atoms with Gasteiger partial charge in [-0.3, -0.25) is 4.79 Å². The SMILES string of the molecule is C[C@@H]1CN(C(=O)c2ccc(N)nc2)C[C@H](C)O1. The molecule has 1 aliphatic rings. The summed E-state index contributed by atoms with van der Waals surface area (Å²) >= 11 is 0. The highest BCUT2D eigenvalue weighted by molar-refractivity contribution is 5.94. The van der Waals surface area contributed by atoms with E-state index in [1.165, 1.54) is 6.20 Å². The van der Waals surface area contributed by atoms with E-state index in [4.69, 9.17) is 10.5 Å². The number of nitrogens with zero attached hydrogens (tertiary/aromatic N) is 2. The number of carbonyl (C=O) groups excluding carboxylic acids is 1. The second-order valence-corrected chi connectivity index (χ2v) is 4.44. The van der Waals surface area contributed by atoms with E-state index in [1.807, 2.05) is 13.8 Å². The summed E-state index contributed by atoms with van der Waals surface area (Å²) in [6.07, 6.45) is 1.66. The van der Waals surface area contributed by atoms with Gasteiger partial charge in [0, 0.05) is 19.3 Å². The molecule has 0 saturated carbocycles. The average Bonchev–Trinajstić information content (AvgIpc) is 2.28. The Labute approximate surface area is 101 Å². The van der Waals surface area contributed by atoms with Gasteiger partial charge in [-0.15, -0.1) is 0 Å². The van der Waals surface area contributed by atoms with E-state index in [1.54, 1.807) is 17.0 Å². The van der Waals surface area contributed by atoms with Crippen LogP contribution in [0.2, 0.25) is 0 Å². The van der Waals surface area contributed by atoms with Crippen LogP contribution in [0.25, 0.3) is 0 Å². The maximum atomic E-state index is 12.2. The molecule has 0 aromatic carbocycles. The molecule has 17 heavy (non-hydrogen) atoms. The van der Waals surface area contributed by atoms with Crippen molar-refractivity contribution >= 4 is 11.7 Å². The number of anilines is 1. The van der Waals surface area contributed by atoms with Crippen LogP contribution in [0.15, 0.2) is 18.3 Å². The van der Waals surface area contributed by atoms with Gasteiger partial charge in [-0.05, 0) is 26.0 Å². The summed E-state index contributed by atoms with van der Waals surface area (Å²) in [5, 5.41) is 0. The number of morpholine rings is 1. The summed E-state index contributed by atoms with van der Waals surface area (Å²) in [5.41, 5.74) is 6.06. The third-order valence-corrected chi connectivity index (χ3v) is 2.74. The molecule has 5 nitrogen and oxygen atoms in total. The highest BCUT2D eigenvalue weighted by Crippen LogP contribution is 2.14. The zero-order chi connectivity index (χ0) is 12.4. The van der Waals surface area contributed by atoms with Crippen molar-refractivity contribution in [2.75, 3.05) is 18.8 Å². The molecule has 1 aliphatic heterocycles. The highest BCUT2D eigenvalue weighted by Gasteiger charge is 2.26. The molecule has 2 rings (SSSR count). The fourth-order valence-electron chi connectivity index (χ4n) is 2.06. The number of nitrogen functional groups attached to an aromatic ring is 1. The number of nitrogens with two attached hydrogens (primary N) is 1. The van der Waals surface area contributed by atoms with Crippen molar-refractivity contribution in [3.8, 4) is 0 Å². The van der Waals surface area contributed by atoms with Crippen molar-refractivity contribution < 1.29 is 9.53 Å². The number of hydrogen-bond acceptors (Lipinski definition) is 4. The second-order valence-electron chi connectivity index (χ2n) is 4.44. The normalized spacial score (nSPS) is 24.7. The molecule has 0 unspecified atom stereocenters. The highest BCUT2D eigenvalue weighted by atomic mass is 16.5. The van der Waals surface area contributed by atoms with E-state index in [9.17, 15) is 4.79 Å². The van der Waals surface area contributed by atoms with E-state index in [2.05, 4.69) is 4.98 Å². The molecule has 2 atom stereocenters. The van der Waals surface area contributed by atoms with Crippen LogP contribution in [0.3, 0.4) is 0 Å². The van der Waals surface area contributed by atoms with Gasteiger partial charge in [0.05, 0.1) is 17.8 Å². The van der Waals surface area contributed by atoms with Crippen LogP contribution >= 0.6 is 0 Å². The Morgan fingerprint density at radius 2 is 2.06 bits per heavy atom. The third-order valence-electron chi connectivity index (χ3n) is 2.74. The molecule has 92 valence electrons. The van der Waals surface area contributed by atoms with Crippen LogP contribution in [0.1, 0.15) is 24.2 Å². The molecule has 0 spiro atoms. The number of aromatic nitrogens is 1. The van der Waals surface area contributed by atoms with Gasteiger partial charge in [-0.25, -0.2) is 4.98 Å². The molecule has 0 aliphatic carbocycles. The number of pyridine rings is 1. The lowest BCUT2D eigenvalue weighted by Crippen LogP contribution is -2.48. The number of amides is 1. The van der Waals surface area contributed by atoms with E-state index in [0.717, 1.165) is 0 Å². The molecule has 1 aromatic rings. The molecule has 1 aromatic heterocycles. The van der Waals surface area contributed by atoms with Gasteiger partial charge >= 0.3 is 0 Å². The number of ether oxygens (including phenoxy) is 1. The minimum Gasteiger partial charge on any atom is -0.384 e. The Morgan fingerprint density at radius 3 is 2.59 bits per heavy atom. The van der Waals surface area contributed by atoms with E-state index in [0.29, 0.717) is 24.5 Å². The Hall–Kier alpha value is -1.62. The zero-order valence-corrected chi connectivity index (χ0v) is 10.1. The predicted octanol–water partition coefficient (Wildman–Crippen LogP) is 0.913. The molecule has 1 amide bonds. The van der Waals surface area contributed by atoms with E-state index < -0.39 is 0 Å². The monoisotopic (exact) mass is 235 g/mol. The lowest BCUT2D eigenvalue weighted by atomic mass is 10.2. The van der Waals surface area contributed by atoms with Crippen LogP contribution in [0.4, 0.5) is 5.82 Å². The minimum atomic E-state index is -0.0144. The van der Waals surface area contributed by atoms with Gasteiger partial charge < -0.3 is 15.4 Å². The fourth-order valence-corrected chi connectivity index (χ4v) is 2.06. The van der Waals surface area contributed by atoms with Crippen LogP contribution in [-0.4, -0.2) is 41.1 Å². The largest absolute Gasteiger partial charge is 0.384 e. The zero-order valence-electron chi connectivity index (χ0n) is 10.1. The Balaban J connectivity index is 2.11. The average molecular weight is 235 g/mol. The summed E-state index contributed by atoms with van der Waals surface area (Å²) < 4.78 is 5.59. The Kier molecular flexibility index (Phi) is 3.28. The van der Waals surface area contributed by atoms with Gasteiger partial charge in [0.1, 0.15) is 5.82 Å². The molecule has 2 heterocycles. The predicted molar refractivity (Wildman–Crippen MR) is 64.6 cm³/mol. The maximum Gasteiger partial charge on any atom is 0.255 e. The maximum absolute atomic E-state index is 12.2. The molecule has 0 bridgehead atoms. The molecule has 1 saturated heterocycles. The minimum absolute atomic E-state index is 0.0144. The number of hydrogen-bond donors (Lipinski definition) is 1. The first-order valence-corrected chi connectivity index (χ1v) is 5.72. The lowest BCUT2D eigenvalue weighted by molar-refractivity contribution is -0.0586. The molecule has 0 radical (unpaired) electrons. The van der Waals surface area contributed by atoms with Crippen LogP contribution in [-0.2, 0) is 4.74 Å². The number of rotatable bonds is 1. The summed E-state index contributed by atoms with van der Waals surface area (Å²) in [4.78, 5) is 17.9. The molecular weight excluding hydrogens is 218 g/mol. The van der Waals surface area contributed by atoms with Crippen molar-refractivity contribution in [1.29, 1.82) is 0 Å². The number of carbonyl (C=O) groups is 1. The quantitative estimate of drug-likeness (QED) is 0.785. The van der Waals surface area contributed by atoms with Crippen LogP contribution in [0.5, 0.6) is 0 Å². The van der Waals surface area contributed by atoms with Gasteiger partial charge in [0.15, 0.2) is 0 Å². The topological polar surface area (TPSA) is 68.5 Å². The smallest absolute Gasteiger partial charge is 0.255 e. The Bertz CT molecular complexity index is 395. The van der Waals surface area contributed by atoms with Crippen molar-refractivity contribution in [1.82, 2.24) is 9.88 Å². The van der Waals surface area contributed by atoms with E-state index in [-0.39, 0.29) is 18.1 Å². The molecule has 2 N–H and O–H groups in total. The van der Waals surface area contributed by atoms with Crippen molar-refractivity contribution in [2.45, 2.75) is 26.1 Å². The van der Waals surface area contributed by atoms with Crippen LogP contribution < -0.4 is 5.73 Å². The first kappa shape index (κ1) is 11.9. The van der Waals surface area contributed by atoms with Crippen molar-refractivity contribution in [3.63, 3.8) is 0 Å². The van der Waals surface area contributed by atoms with E-state index >= 15 is 0 Å².